The topological polar surface area (TPSA) is 75.4 Å². The van der Waals surface area contributed by atoms with E-state index < -0.39 is 5.92 Å². The summed E-state index contributed by atoms with van der Waals surface area (Å²) in [5, 5.41) is 9.45. The van der Waals surface area contributed by atoms with E-state index in [0.29, 0.717) is 24.1 Å². The molecule has 0 radical (unpaired) electrons. The number of imide groups is 1. The molecule has 122 valence electrons. The van der Waals surface area contributed by atoms with Crippen LogP contribution in [0.4, 0.5) is 5.69 Å². The van der Waals surface area contributed by atoms with E-state index in [1.807, 2.05) is 43.3 Å². The van der Waals surface area contributed by atoms with Crippen LogP contribution in [-0.4, -0.2) is 31.1 Å². The summed E-state index contributed by atoms with van der Waals surface area (Å²) in [6, 6.07) is 10.0. The molecule has 0 spiro atoms. The van der Waals surface area contributed by atoms with Gasteiger partial charge in [-0.15, -0.1) is 0 Å². The number of carbonyl (C=O) groups excluding carboxylic acids is 2. The first-order valence-corrected chi connectivity index (χ1v) is 7.87. The average Bonchev–Trinajstić information content (AvgIpc) is 2.98. The summed E-state index contributed by atoms with van der Waals surface area (Å²) in [6.07, 6.45) is 0.777. The van der Waals surface area contributed by atoms with Gasteiger partial charge in [0, 0.05) is 26.2 Å². The van der Waals surface area contributed by atoms with E-state index >= 15 is 0 Å². The van der Waals surface area contributed by atoms with Gasteiger partial charge in [-0.1, -0.05) is 17.3 Å². The monoisotopic (exact) mass is 323 g/mol. The van der Waals surface area contributed by atoms with Crippen LogP contribution in [0.15, 0.2) is 34.9 Å². The van der Waals surface area contributed by atoms with Gasteiger partial charge in [0.05, 0.1) is 11.3 Å². The van der Waals surface area contributed by atoms with Crippen molar-refractivity contribution in [3.05, 3.63) is 36.0 Å². The largest absolute Gasteiger partial charge is 0.378 e. The van der Waals surface area contributed by atoms with E-state index in [0.717, 1.165) is 21.8 Å². The van der Waals surface area contributed by atoms with Gasteiger partial charge in [0.25, 0.3) is 0 Å². The van der Waals surface area contributed by atoms with Crippen LogP contribution in [-0.2, 0) is 9.59 Å². The van der Waals surface area contributed by atoms with Crippen LogP contribution in [0.3, 0.4) is 0 Å². The molecule has 6 heteroatoms. The molecule has 24 heavy (non-hydrogen) atoms. The van der Waals surface area contributed by atoms with Crippen molar-refractivity contribution in [3.8, 4) is 0 Å². The molecule has 1 saturated heterocycles. The molecule has 2 aromatic carbocycles. The first-order valence-electron chi connectivity index (χ1n) is 7.87. The maximum absolute atomic E-state index is 12.2. The lowest BCUT2D eigenvalue weighted by Crippen LogP contribution is -2.39. The summed E-state index contributed by atoms with van der Waals surface area (Å²) < 4.78 is 5.44. The van der Waals surface area contributed by atoms with Gasteiger partial charge in [0.2, 0.25) is 11.8 Å². The third kappa shape index (κ3) is 2.22. The maximum atomic E-state index is 12.2. The molecular formula is C18H17N3O3. The lowest BCUT2D eigenvalue weighted by atomic mass is 9.91. The molecule has 1 atom stereocenters. The van der Waals surface area contributed by atoms with E-state index in [2.05, 4.69) is 16.5 Å². The minimum atomic E-state index is -0.455. The number of piperidine rings is 1. The molecule has 0 aliphatic carbocycles. The minimum Gasteiger partial charge on any atom is -0.378 e. The molecule has 4 rings (SSSR count). The molecule has 1 N–H and O–H groups in total. The molecule has 3 aromatic rings. The number of benzene rings is 2. The normalized spacial score (nSPS) is 18.2. The van der Waals surface area contributed by atoms with E-state index in [4.69, 9.17) is 4.52 Å². The number of aromatic nitrogens is 1. The average molecular weight is 323 g/mol. The Morgan fingerprint density at radius 3 is 2.79 bits per heavy atom. The molecule has 1 fully saturated rings. The van der Waals surface area contributed by atoms with Gasteiger partial charge < -0.3 is 9.42 Å². The van der Waals surface area contributed by atoms with Gasteiger partial charge in [-0.25, -0.2) is 0 Å². The Kier molecular flexibility index (Phi) is 3.26. The number of amides is 2. The highest BCUT2D eigenvalue weighted by atomic mass is 16.5. The van der Waals surface area contributed by atoms with Crippen molar-refractivity contribution in [2.24, 2.45) is 0 Å². The molecule has 1 aromatic heterocycles. The fourth-order valence-electron chi connectivity index (χ4n) is 3.25. The zero-order valence-corrected chi connectivity index (χ0v) is 13.5. The van der Waals surface area contributed by atoms with Gasteiger partial charge in [-0.2, -0.15) is 0 Å². The second-order valence-corrected chi connectivity index (χ2v) is 6.31. The zero-order chi connectivity index (χ0) is 16.8. The summed E-state index contributed by atoms with van der Waals surface area (Å²) in [7, 11) is 3.99. The third-order valence-electron chi connectivity index (χ3n) is 4.55. The molecule has 1 aliphatic heterocycles. The Bertz CT molecular complexity index is 974. The number of rotatable bonds is 2. The Morgan fingerprint density at radius 2 is 2.04 bits per heavy atom. The number of fused-ring (bicyclic) bond motifs is 3. The van der Waals surface area contributed by atoms with Crippen LogP contribution in [0.25, 0.3) is 21.7 Å². The van der Waals surface area contributed by atoms with Crippen molar-refractivity contribution >= 4 is 39.2 Å². The summed E-state index contributed by atoms with van der Waals surface area (Å²) in [4.78, 5) is 25.6. The summed E-state index contributed by atoms with van der Waals surface area (Å²) in [5.41, 5.74) is 2.36. The molecule has 0 saturated carbocycles. The van der Waals surface area contributed by atoms with E-state index in [1.54, 1.807) is 0 Å². The lowest BCUT2D eigenvalue weighted by molar-refractivity contribution is -0.134. The first-order chi connectivity index (χ1) is 11.5. The highest BCUT2D eigenvalue weighted by Crippen LogP contribution is 2.36. The zero-order valence-electron chi connectivity index (χ0n) is 13.5. The van der Waals surface area contributed by atoms with Crippen LogP contribution in [0.1, 0.15) is 24.5 Å². The summed E-state index contributed by atoms with van der Waals surface area (Å²) >= 11 is 0. The number of nitrogens with zero attached hydrogens (tertiary/aromatic N) is 2. The predicted molar refractivity (Wildman–Crippen MR) is 91.0 cm³/mol. The molecule has 1 unspecified atom stereocenters. The van der Waals surface area contributed by atoms with Crippen molar-refractivity contribution < 1.29 is 14.1 Å². The van der Waals surface area contributed by atoms with Crippen molar-refractivity contribution in [1.82, 2.24) is 10.5 Å². The minimum absolute atomic E-state index is 0.232. The Hall–Kier alpha value is -2.89. The van der Waals surface area contributed by atoms with E-state index in [1.165, 1.54) is 0 Å². The molecule has 2 heterocycles. The van der Waals surface area contributed by atoms with E-state index in [9.17, 15) is 9.59 Å². The number of hydrogen-bond donors (Lipinski definition) is 1. The first kappa shape index (κ1) is 14.7. The van der Waals surface area contributed by atoms with Crippen LogP contribution < -0.4 is 10.2 Å². The summed E-state index contributed by atoms with van der Waals surface area (Å²) in [5.74, 6) is -0.990. The van der Waals surface area contributed by atoms with Crippen LogP contribution >= 0.6 is 0 Å². The van der Waals surface area contributed by atoms with Crippen molar-refractivity contribution in [2.45, 2.75) is 18.8 Å². The Morgan fingerprint density at radius 1 is 1.21 bits per heavy atom. The molecule has 1 aliphatic rings. The van der Waals surface area contributed by atoms with Crippen molar-refractivity contribution in [3.63, 3.8) is 0 Å². The molecule has 6 nitrogen and oxygen atoms in total. The fourth-order valence-corrected chi connectivity index (χ4v) is 3.25. The van der Waals surface area contributed by atoms with Gasteiger partial charge in [0.15, 0.2) is 5.58 Å². The standard InChI is InChI=1S/C18H17N3O3/c1-21(2)11-4-5-12-10(9-11)3-7-14-16(12)17(20-24-14)13-6-8-15(22)19-18(13)23/h3-5,7,9,13H,6,8H2,1-2H3,(H,19,22,23). The SMILES string of the molecule is CN(C)c1ccc2c(ccc3onc(C4CCC(=O)NC4=O)c32)c1. The Labute approximate surface area is 138 Å². The van der Waals surface area contributed by atoms with E-state index in [-0.39, 0.29) is 11.8 Å². The summed E-state index contributed by atoms with van der Waals surface area (Å²) in [6.45, 7) is 0. The van der Waals surface area contributed by atoms with Gasteiger partial charge in [-0.3, -0.25) is 14.9 Å². The van der Waals surface area contributed by atoms with Gasteiger partial charge in [-0.05, 0) is 35.4 Å². The number of hydrogen-bond acceptors (Lipinski definition) is 5. The second kappa shape index (κ2) is 5.33. The van der Waals surface area contributed by atoms with Crippen molar-refractivity contribution in [1.29, 1.82) is 0 Å². The van der Waals surface area contributed by atoms with Gasteiger partial charge >= 0.3 is 0 Å². The maximum Gasteiger partial charge on any atom is 0.235 e. The number of anilines is 1. The Balaban J connectivity index is 1.91. The molecule has 0 bridgehead atoms. The molecule has 2 amide bonds. The van der Waals surface area contributed by atoms with Crippen LogP contribution in [0.5, 0.6) is 0 Å². The number of nitrogens with one attached hydrogen (secondary N) is 1. The van der Waals surface area contributed by atoms with Gasteiger partial charge in [0.1, 0.15) is 5.69 Å². The lowest BCUT2D eigenvalue weighted by Gasteiger charge is -2.19. The quantitative estimate of drug-likeness (QED) is 0.734. The second-order valence-electron chi connectivity index (χ2n) is 6.31. The smallest absolute Gasteiger partial charge is 0.235 e. The third-order valence-corrected chi connectivity index (χ3v) is 4.55. The number of carbonyl (C=O) groups is 2. The highest BCUT2D eigenvalue weighted by molar-refractivity contribution is 6.10. The van der Waals surface area contributed by atoms with Crippen LogP contribution in [0, 0.1) is 0 Å². The van der Waals surface area contributed by atoms with Crippen LogP contribution in [0.2, 0.25) is 0 Å². The molecular weight excluding hydrogens is 306 g/mol. The van der Waals surface area contributed by atoms with Crippen molar-refractivity contribution in [2.75, 3.05) is 19.0 Å². The highest BCUT2D eigenvalue weighted by Gasteiger charge is 2.32. The predicted octanol–water partition coefficient (Wildman–Crippen LogP) is 2.57. The fraction of sp³-hybridized carbons (Fsp3) is 0.278.